The van der Waals surface area contributed by atoms with Crippen LogP contribution in [0, 0.1) is 6.92 Å². The second-order valence-corrected chi connectivity index (χ2v) is 7.23. The van der Waals surface area contributed by atoms with Gasteiger partial charge in [-0.05, 0) is 24.3 Å². The molecule has 0 radical (unpaired) electrons. The molecule has 2 rings (SSSR count). The van der Waals surface area contributed by atoms with E-state index in [2.05, 4.69) is 0 Å². The van der Waals surface area contributed by atoms with Crippen LogP contribution in [0.2, 0.25) is 0 Å². The summed E-state index contributed by atoms with van der Waals surface area (Å²) in [6, 6.07) is -0.231. The largest absolute Gasteiger partial charge is 0.477 e. The quantitative estimate of drug-likeness (QED) is 0.902. The monoisotopic (exact) mass is 305 g/mol. The number of ether oxygens (including phenoxy) is 1. The van der Waals surface area contributed by atoms with E-state index in [0.717, 1.165) is 11.3 Å². The molecule has 1 aliphatic rings. The van der Waals surface area contributed by atoms with Crippen LogP contribution in [0.1, 0.15) is 21.7 Å². The van der Waals surface area contributed by atoms with Crippen molar-refractivity contribution in [2.75, 3.05) is 20.3 Å². The molecule has 1 N–H and O–H groups in total. The molecule has 8 heteroatoms. The zero-order valence-electron chi connectivity index (χ0n) is 10.6. The number of nitrogens with zero attached hydrogens (tertiary/aromatic N) is 1. The summed E-state index contributed by atoms with van der Waals surface area (Å²) in [6.45, 7) is 2.48. The van der Waals surface area contributed by atoms with Gasteiger partial charge in [-0.3, -0.25) is 0 Å². The lowest BCUT2D eigenvalue weighted by atomic mass is 10.3. The first kappa shape index (κ1) is 14.4. The van der Waals surface area contributed by atoms with Crippen molar-refractivity contribution < 1.29 is 23.1 Å². The van der Waals surface area contributed by atoms with Crippen LogP contribution in [-0.4, -0.2) is 50.1 Å². The lowest BCUT2D eigenvalue weighted by molar-refractivity contribution is 0.0698. The number of thiophene rings is 1. The number of carboxylic acid groups (broad SMARTS) is 1. The molecule has 0 bridgehead atoms. The zero-order chi connectivity index (χ0) is 14.2. The Morgan fingerprint density at radius 2 is 2.26 bits per heavy atom. The van der Waals surface area contributed by atoms with Gasteiger partial charge in [0.25, 0.3) is 0 Å². The summed E-state index contributed by atoms with van der Waals surface area (Å²) < 4.78 is 31.5. The predicted molar refractivity (Wildman–Crippen MR) is 70.2 cm³/mol. The topological polar surface area (TPSA) is 83.9 Å². The summed E-state index contributed by atoms with van der Waals surface area (Å²) in [5.41, 5.74) is 0.466. The molecule has 1 unspecified atom stereocenters. The maximum Gasteiger partial charge on any atom is 0.347 e. The highest BCUT2D eigenvalue weighted by molar-refractivity contribution is 7.89. The fourth-order valence-electron chi connectivity index (χ4n) is 2.05. The van der Waals surface area contributed by atoms with Crippen molar-refractivity contribution >= 4 is 27.3 Å². The average Bonchev–Trinajstić information content (AvgIpc) is 2.96. The minimum atomic E-state index is -3.80. The number of hydrogen-bond donors (Lipinski definition) is 1. The molecule has 1 aliphatic heterocycles. The van der Waals surface area contributed by atoms with E-state index in [0.29, 0.717) is 25.2 Å². The Hall–Kier alpha value is -0.960. The van der Waals surface area contributed by atoms with Gasteiger partial charge in [-0.15, -0.1) is 11.3 Å². The smallest absolute Gasteiger partial charge is 0.347 e. The third-order valence-electron chi connectivity index (χ3n) is 3.17. The standard InChI is InChI=1S/C11H15NO5S2/c1-7-6-18-9(11(13)14)10(7)19(15,16)12(2)8-3-4-17-5-8/h6,8H,3-5H2,1-2H3,(H,13,14). The Morgan fingerprint density at radius 1 is 1.58 bits per heavy atom. The van der Waals surface area contributed by atoms with Crippen LogP contribution in [0.4, 0.5) is 0 Å². The van der Waals surface area contributed by atoms with Crippen molar-refractivity contribution in [3.63, 3.8) is 0 Å². The third-order valence-corrected chi connectivity index (χ3v) is 6.48. The van der Waals surface area contributed by atoms with Gasteiger partial charge < -0.3 is 9.84 Å². The molecule has 19 heavy (non-hydrogen) atoms. The van der Waals surface area contributed by atoms with Gasteiger partial charge in [0.15, 0.2) is 0 Å². The van der Waals surface area contributed by atoms with Crippen molar-refractivity contribution in [1.82, 2.24) is 4.31 Å². The summed E-state index contributed by atoms with van der Waals surface area (Å²) in [4.78, 5) is 10.9. The summed E-state index contributed by atoms with van der Waals surface area (Å²) >= 11 is 0.934. The molecule has 1 fully saturated rings. The molecule has 1 aromatic rings. The molecule has 0 aromatic carbocycles. The van der Waals surface area contributed by atoms with Crippen LogP contribution in [0.5, 0.6) is 0 Å². The van der Waals surface area contributed by atoms with E-state index >= 15 is 0 Å². The lowest BCUT2D eigenvalue weighted by Gasteiger charge is -2.22. The van der Waals surface area contributed by atoms with Crippen LogP contribution < -0.4 is 0 Å². The van der Waals surface area contributed by atoms with E-state index in [9.17, 15) is 13.2 Å². The molecular formula is C11H15NO5S2. The minimum absolute atomic E-state index is 0.0978. The number of hydrogen-bond acceptors (Lipinski definition) is 5. The van der Waals surface area contributed by atoms with E-state index in [1.165, 1.54) is 11.4 Å². The third kappa shape index (κ3) is 2.53. The number of carboxylic acids is 1. The van der Waals surface area contributed by atoms with Crippen molar-refractivity contribution in [2.24, 2.45) is 0 Å². The van der Waals surface area contributed by atoms with Gasteiger partial charge >= 0.3 is 5.97 Å². The molecule has 0 amide bonds. The van der Waals surface area contributed by atoms with Crippen molar-refractivity contribution in [3.8, 4) is 0 Å². The Bertz CT molecular complexity index is 586. The number of carbonyl (C=O) groups is 1. The van der Waals surface area contributed by atoms with Gasteiger partial charge in [-0.25, -0.2) is 13.2 Å². The number of sulfonamides is 1. The first-order chi connectivity index (χ1) is 8.85. The normalized spacial score (nSPS) is 20.1. The SMILES string of the molecule is Cc1csc(C(=O)O)c1S(=O)(=O)N(C)C1CCOC1. The molecular weight excluding hydrogens is 290 g/mol. The first-order valence-electron chi connectivity index (χ1n) is 5.73. The van der Waals surface area contributed by atoms with Gasteiger partial charge in [0, 0.05) is 13.7 Å². The van der Waals surface area contributed by atoms with Gasteiger partial charge in [0.05, 0.1) is 12.6 Å². The van der Waals surface area contributed by atoms with Crippen LogP contribution in [-0.2, 0) is 14.8 Å². The second kappa shape index (κ2) is 5.20. The molecule has 1 aromatic heterocycles. The average molecular weight is 305 g/mol. The van der Waals surface area contributed by atoms with Gasteiger partial charge in [0.1, 0.15) is 9.77 Å². The maximum atomic E-state index is 12.5. The van der Waals surface area contributed by atoms with E-state index in [1.807, 2.05) is 0 Å². The minimum Gasteiger partial charge on any atom is -0.477 e. The summed E-state index contributed by atoms with van der Waals surface area (Å²) in [7, 11) is -2.33. The molecule has 1 saturated heterocycles. The molecule has 0 aliphatic carbocycles. The Balaban J connectivity index is 2.44. The van der Waals surface area contributed by atoms with Crippen LogP contribution >= 0.6 is 11.3 Å². The highest BCUT2D eigenvalue weighted by Gasteiger charge is 2.35. The van der Waals surface area contributed by atoms with Crippen LogP contribution in [0.3, 0.4) is 0 Å². The van der Waals surface area contributed by atoms with Crippen molar-refractivity contribution in [2.45, 2.75) is 24.3 Å². The summed E-state index contributed by atoms with van der Waals surface area (Å²) in [5, 5.41) is 10.6. The fraction of sp³-hybridized carbons (Fsp3) is 0.545. The zero-order valence-corrected chi connectivity index (χ0v) is 12.3. The lowest BCUT2D eigenvalue weighted by Crippen LogP contribution is -2.37. The van der Waals surface area contributed by atoms with E-state index < -0.39 is 16.0 Å². The Labute approximate surface area is 115 Å². The summed E-state index contributed by atoms with van der Waals surface area (Å²) in [5.74, 6) is -1.22. The molecule has 106 valence electrons. The Morgan fingerprint density at radius 3 is 2.79 bits per heavy atom. The molecule has 1 atom stereocenters. The highest BCUT2D eigenvalue weighted by atomic mass is 32.2. The van der Waals surface area contributed by atoms with Crippen molar-refractivity contribution in [1.29, 1.82) is 0 Å². The maximum absolute atomic E-state index is 12.5. The van der Waals surface area contributed by atoms with Gasteiger partial charge in [-0.1, -0.05) is 0 Å². The van der Waals surface area contributed by atoms with Gasteiger partial charge in [0.2, 0.25) is 10.0 Å². The Kier molecular flexibility index (Phi) is 3.95. The molecule has 2 heterocycles. The van der Waals surface area contributed by atoms with Crippen LogP contribution in [0.25, 0.3) is 0 Å². The summed E-state index contributed by atoms with van der Waals surface area (Å²) in [6.07, 6.45) is 0.626. The van der Waals surface area contributed by atoms with Crippen LogP contribution in [0.15, 0.2) is 10.3 Å². The van der Waals surface area contributed by atoms with E-state index in [4.69, 9.17) is 9.84 Å². The predicted octanol–water partition coefficient (Wildman–Crippen LogP) is 1.16. The number of rotatable bonds is 4. The number of aryl methyl sites for hydroxylation is 1. The van der Waals surface area contributed by atoms with E-state index in [1.54, 1.807) is 12.3 Å². The van der Waals surface area contributed by atoms with Gasteiger partial charge in [-0.2, -0.15) is 4.31 Å². The second-order valence-electron chi connectivity index (χ2n) is 4.42. The highest BCUT2D eigenvalue weighted by Crippen LogP contribution is 2.30. The fourth-order valence-corrected chi connectivity index (χ4v) is 5.00. The van der Waals surface area contributed by atoms with Crippen molar-refractivity contribution in [3.05, 3.63) is 15.8 Å². The molecule has 0 spiro atoms. The first-order valence-corrected chi connectivity index (χ1v) is 8.05. The van der Waals surface area contributed by atoms with E-state index in [-0.39, 0.29) is 15.8 Å². The molecule has 0 saturated carbocycles. The molecule has 6 nitrogen and oxygen atoms in total. The number of aromatic carboxylic acids is 1. The number of likely N-dealkylation sites (N-methyl/N-ethyl adjacent to an activating group) is 1.